The minimum absolute atomic E-state index is 0.240. The third-order valence-corrected chi connectivity index (χ3v) is 7.67. The van der Waals surface area contributed by atoms with Gasteiger partial charge in [0.1, 0.15) is 0 Å². The number of carbonyl (C=O) groups is 1. The molecule has 1 aliphatic rings. The Hall–Kier alpha value is -2.97. The van der Waals surface area contributed by atoms with Crippen molar-refractivity contribution in [1.82, 2.24) is 14.1 Å². The van der Waals surface area contributed by atoms with Gasteiger partial charge in [0.2, 0.25) is 10.0 Å². The summed E-state index contributed by atoms with van der Waals surface area (Å²) in [6.07, 6.45) is 4.33. The van der Waals surface area contributed by atoms with Crippen LogP contribution in [0.25, 0.3) is 5.69 Å². The minimum atomic E-state index is -3.59. The molecule has 0 saturated carbocycles. The molecule has 2 aromatic carbocycles. The molecule has 0 radical (unpaired) electrons. The number of amides is 1. The Balaban J connectivity index is 1.59. The summed E-state index contributed by atoms with van der Waals surface area (Å²) in [4.78, 5) is 13.1. The average molecular weight is 439 g/mol. The van der Waals surface area contributed by atoms with Crippen LogP contribution in [0.3, 0.4) is 0 Å². The number of anilines is 1. The lowest BCUT2D eigenvalue weighted by molar-refractivity contribution is 0.102. The molecule has 0 aliphatic carbocycles. The fourth-order valence-electron chi connectivity index (χ4n) is 3.86. The van der Waals surface area contributed by atoms with Gasteiger partial charge < -0.3 is 5.32 Å². The van der Waals surface area contributed by atoms with E-state index in [0.29, 0.717) is 35.6 Å². The molecular weight excluding hydrogens is 412 g/mol. The van der Waals surface area contributed by atoms with Crippen molar-refractivity contribution in [3.05, 3.63) is 71.5 Å². The SMILES string of the molecule is Cc1ccc(NC(=O)c2cnn(-c3ccccc3)c2C)cc1S(=O)(=O)N1CCCCC1. The molecule has 1 fully saturated rings. The van der Waals surface area contributed by atoms with Crippen LogP contribution in [0.4, 0.5) is 5.69 Å². The number of hydrogen-bond acceptors (Lipinski definition) is 4. The van der Waals surface area contributed by atoms with E-state index >= 15 is 0 Å². The highest BCUT2D eigenvalue weighted by Gasteiger charge is 2.28. The van der Waals surface area contributed by atoms with E-state index in [1.54, 1.807) is 34.1 Å². The summed E-state index contributed by atoms with van der Waals surface area (Å²) in [5.74, 6) is -0.329. The standard InChI is InChI=1S/C23H26N4O3S/c1-17-11-12-19(15-22(17)31(29,30)26-13-7-4-8-14-26)25-23(28)21-16-24-27(18(21)2)20-9-5-3-6-10-20/h3,5-6,9-12,15-16H,4,7-8,13-14H2,1-2H3,(H,25,28). The molecule has 1 saturated heterocycles. The van der Waals surface area contributed by atoms with E-state index < -0.39 is 10.0 Å². The van der Waals surface area contributed by atoms with E-state index in [9.17, 15) is 13.2 Å². The van der Waals surface area contributed by atoms with Crippen LogP contribution in [0, 0.1) is 13.8 Å². The van der Waals surface area contributed by atoms with Gasteiger partial charge in [-0.2, -0.15) is 9.40 Å². The molecule has 0 atom stereocenters. The maximum absolute atomic E-state index is 13.1. The van der Waals surface area contributed by atoms with Crippen LogP contribution < -0.4 is 5.32 Å². The van der Waals surface area contributed by atoms with Crippen molar-refractivity contribution < 1.29 is 13.2 Å². The zero-order valence-corrected chi connectivity index (χ0v) is 18.5. The quantitative estimate of drug-likeness (QED) is 0.654. The van der Waals surface area contributed by atoms with Gasteiger partial charge in [-0.3, -0.25) is 4.79 Å². The first-order chi connectivity index (χ1) is 14.9. The van der Waals surface area contributed by atoms with Crippen LogP contribution in [0.1, 0.15) is 40.9 Å². The molecule has 162 valence electrons. The summed E-state index contributed by atoms with van der Waals surface area (Å²) in [5.41, 5.74) is 3.11. The Morgan fingerprint density at radius 2 is 1.71 bits per heavy atom. The predicted molar refractivity (Wildman–Crippen MR) is 120 cm³/mol. The Labute approximate surface area is 182 Å². The van der Waals surface area contributed by atoms with E-state index in [1.807, 2.05) is 37.3 Å². The Morgan fingerprint density at radius 1 is 1.00 bits per heavy atom. The minimum Gasteiger partial charge on any atom is -0.322 e. The third-order valence-electron chi connectivity index (χ3n) is 5.63. The van der Waals surface area contributed by atoms with Crippen molar-refractivity contribution in [1.29, 1.82) is 0 Å². The number of nitrogens with one attached hydrogen (secondary N) is 1. The van der Waals surface area contributed by atoms with Gasteiger partial charge in [-0.1, -0.05) is 30.7 Å². The second-order valence-corrected chi connectivity index (χ2v) is 9.70. The molecule has 1 aromatic heterocycles. The molecule has 3 aromatic rings. The van der Waals surface area contributed by atoms with Gasteiger partial charge in [0.25, 0.3) is 5.91 Å². The van der Waals surface area contributed by atoms with Crippen LogP contribution in [0.5, 0.6) is 0 Å². The smallest absolute Gasteiger partial charge is 0.259 e. The average Bonchev–Trinajstić information content (AvgIpc) is 3.17. The molecule has 0 bridgehead atoms. The van der Waals surface area contributed by atoms with Crippen LogP contribution in [0.15, 0.2) is 59.6 Å². The number of rotatable bonds is 5. The molecule has 0 unspecified atom stereocenters. The lowest BCUT2D eigenvalue weighted by Crippen LogP contribution is -2.36. The lowest BCUT2D eigenvalue weighted by Gasteiger charge is -2.26. The van der Waals surface area contributed by atoms with E-state index in [-0.39, 0.29) is 10.8 Å². The molecular formula is C23H26N4O3S. The summed E-state index contributed by atoms with van der Waals surface area (Å²) < 4.78 is 29.5. The number of piperidine rings is 1. The molecule has 1 aliphatic heterocycles. The third kappa shape index (κ3) is 4.26. The van der Waals surface area contributed by atoms with E-state index in [0.717, 1.165) is 24.9 Å². The number of benzene rings is 2. The number of sulfonamides is 1. The van der Waals surface area contributed by atoms with Gasteiger partial charge >= 0.3 is 0 Å². The van der Waals surface area contributed by atoms with Crippen molar-refractivity contribution in [2.24, 2.45) is 0 Å². The van der Waals surface area contributed by atoms with Crippen molar-refractivity contribution in [3.8, 4) is 5.69 Å². The molecule has 4 rings (SSSR count). The first-order valence-corrected chi connectivity index (χ1v) is 11.8. The van der Waals surface area contributed by atoms with Gasteiger partial charge in [-0.25, -0.2) is 13.1 Å². The number of para-hydroxylation sites is 1. The molecule has 1 N–H and O–H groups in total. The Morgan fingerprint density at radius 3 is 2.42 bits per heavy atom. The summed E-state index contributed by atoms with van der Waals surface area (Å²) in [7, 11) is -3.59. The fraction of sp³-hybridized carbons (Fsp3) is 0.304. The maximum atomic E-state index is 13.1. The summed E-state index contributed by atoms with van der Waals surface area (Å²) >= 11 is 0. The monoisotopic (exact) mass is 438 g/mol. The molecule has 31 heavy (non-hydrogen) atoms. The van der Waals surface area contributed by atoms with Crippen molar-refractivity contribution in [2.45, 2.75) is 38.0 Å². The number of aryl methyl sites for hydroxylation is 1. The summed E-state index contributed by atoms with van der Waals surface area (Å²) in [6.45, 7) is 4.68. The maximum Gasteiger partial charge on any atom is 0.259 e. The first-order valence-electron chi connectivity index (χ1n) is 10.4. The van der Waals surface area contributed by atoms with Crippen molar-refractivity contribution in [3.63, 3.8) is 0 Å². The largest absolute Gasteiger partial charge is 0.322 e. The van der Waals surface area contributed by atoms with Gasteiger partial charge in [-0.05, 0) is 56.5 Å². The zero-order chi connectivity index (χ0) is 22.0. The molecule has 2 heterocycles. The second kappa shape index (κ2) is 8.64. The number of carbonyl (C=O) groups excluding carboxylic acids is 1. The normalized spacial score (nSPS) is 15.0. The number of hydrogen-bond donors (Lipinski definition) is 1. The van der Waals surface area contributed by atoms with Crippen molar-refractivity contribution >= 4 is 21.6 Å². The van der Waals surface area contributed by atoms with Gasteiger partial charge in [-0.15, -0.1) is 0 Å². The zero-order valence-electron chi connectivity index (χ0n) is 17.7. The van der Waals surface area contributed by atoms with Gasteiger partial charge in [0.05, 0.1) is 28.0 Å². The number of nitrogens with zero attached hydrogens (tertiary/aromatic N) is 3. The first kappa shape index (κ1) is 21.3. The highest BCUT2D eigenvalue weighted by atomic mass is 32.2. The van der Waals surface area contributed by atoms with Crippen LogP contribution in [-0.4, -0.2) is 41.5 Å². The predicted octanol–water partition coefficient (Wildman–Crippen LogP) is 3.92. The van der Waals surface area contributed by atoms with E-state index in [2.05, 4.69) is 10.4 Å². The summed E-state index contributed by atoms with van der Waals surface area (Å²) in [5, 5.41) is 7.17. The molecule has 7 nitrogen and oxygen atoms in total. The van der Waals surface area contributed by atoms with Crippen molar-refractivity contribution in [2.75, 3.05) is 18.4 Å². The molecule has 0 spiro atoms. The Kier molecular flexibility index (Phi) is 5.93. The number of aromatic nitrogens is 2. The van der Waals surface area contributed by atoms with E-state index in [4.69, 9.17) is 0 Å². The van der Waals surface area contributed by atoms with Gasteiger partial charge in [0.15, 0.2) is 0 Å². The van der Waals surface area contributed by atoms with Crippen LogP contribution >= 0.6 is 0 Å². The fourth-order valence-corrected chi connectivity index (χ4v) is 5.63. The van der Waals surface area contributed by atoms with Gasteiger partial charge in [0, 0.05) is 18.8 Å². The van der Waals surface area contributed by atoms with Crippen LogP contribution in [0.2, 0.25) is 0 Å². The molecule has 8 heteroatoms. The lowest BCUT2D eigenvalue weighted by atomic mass is 10.2. The Bertz CT molecular complexity index is 1200. The topological polar surface area (TPSA) is 84.3 Å². The van der Waals surface area contributed by atoms with Crippen LogP contribution in [-0.2, 0) is 10.0 Å². The second-order valence-electron chi connectivity index (χ2n) is 7.79. The summed E-state index contributed by atoms with van der Waals surface area (Å²) in [6, 6.07) is 14.6. The highest BCUT2D eigenvalue weighted by molar-refractivity contribution is 7.89. The molecule has 1 amide bonds. The van der Waals surface area contributed by atoms with E-state index in [1.165, 1.54) is 6.20 Å². The highest BCUT2D eigenvalue weighted by Crippen LogP contribution is 2.26.